The molecule has 1 heterocycles. The van der Waals surface area contributed by atoms with Gasteiger partial charge in [-0.2, -0.15) is 0 Å². The fourth-order valence-electron chi connectivity index (χ4n) is 1.26. The Morgan fingerprint density at radius 3 is 2.57 bits per heavy atom. The average Bonchev–Trinajstić information content (AvgIpc) is 2.64. The lowest BCUT2D eigenvalue weighted by Crippen LogP contribution is -1.85. The first-order valence-electron chi connectivity index (χ1n) is 4.22. The topological polar surface area (TPSA) is 13.1 Å². The molecule has 0 unspecified atom stereocenters. The predicted molar refractivity (Wildman–Crippen MR) is 58.0 cm³/mol. The van der Waals surface area contributed by atoms with Crippen molar-refractivity contribution in [2.75, 3.05) is 0 Å². The average molecular weight is 227 g/mol. The van der Waals surface area contributed by atoms with Crippen LogP contribution in [0.4, 0.5) is 0 Å². The number of benzene rings is 1. The molecule has 2 aromatic rings. The molecular formula is C11H8Cl2O. The maximum Gasteiger partial charge on any atom is 0.108 e. The fourth-order valence-corrected chi connectivity index (χ4v) is 1.58. The van der Waals surface area contributed by atoms with Crippen LogP contribution in [0.2, 0.25) is 10.0 Å². The Kier molecular flexibility index (Phi) is 2.80. The molecule has 3 heteroatoms. The van der Waals surface area contributed by atoms with Crippen molar-refractivity contribution in [3.05, 3.63) is 58.0 Å². The third-order valence-electron chi connectivity index (χ3n) is 1.94. The lowest BCUT2D eigenvalue weighted by Gasteiger charge is -2.00. The Bertz CT molecular complexity index is 421. The molecule has 0 bridgehead atoms. The largest absolute Gasteiger partial charge is 0.469 e. The van der Waals surface area contributed by atoms with Gasteiger partial charge in [0.05, 0.1) is 16.3 Å². The maximum absolute atomic E-state index is 5.89. The van der Waals surface area contributed by atoms with Crippen molar-refractivity contribution < 1.29 is 4.42 Å². The van der Waals surface area contributed by atoms with Gasteiger partial charge in [-0.1, -0.05) is 29.3 Å². The zero-order valence-corrected chi connectivity index (χ0v) is 8.85. The molecule has 0 fully saturated rings. The standard InChI is InChI=1S/C11H8Cl2O/c12-10-4-3-8(7-11(10)13)6-9-2-1-5-14-9/h1-5,7H,6H2. The summed E-state index contributed by atoms with van der Waals surface area (Å²) in [7, 11) is 0. The monoisotopic (exact) mass is 226 g/mol. The van der Waals surface area contributed by atoms with Gasteiger partial charge in [0.1, 0.15) is 5.76 Å². The minimum Gasteiger partial charge on any atom is -0.469 e. The number of hydrogen-bond acceptors (Lipinski definition) is 1. The Morgan fingerprint density at radius 2 is 1.93 bits per heavy atom. The Balaban J connectivity index is 2.22. The van der Waals surface area contributed by atoms with Crippen LogP contribution in [0.25, 0.3) is 0 Å². The Hall–Kier alpha value is -0.920. The van der Waals surface area contributed by atoms with Gasteiger partial charge < -0.3 is 4.42 Å². The van der Waals surface area contributed by atoms with Gasteiger partial charge in [-0.3, -0.25) is 0 Å². The van der Waals surface area contributed by atoms with Crippen LogP contribution in [-0.2, 0) is 6.42 Å². The summed E-state index contributed by atoms with van der Waals surface area (Å²) in [6, 6.07) is 9.39. The van der Waals surface area contributed by atoms with Crippen molar-refractivity contribution in [1.29, 1.82) is 0 Å². The third kappa shape index (κ3) is 2.11. The first kappa shape index (κ1) is 9.63. The van der Waals surface area contributed by atoms with Gasteiger partial charge in [-0.05, 0) is 29.8 Å². The highest BCUT2D eigenvalue weighted by Crippen LogP contribution is 2.23. The molecule has 0 aliphatic heterocycles. The Morgan fingerprint density at radius 1 is 1.07 bits per heavy atom. The number of halogens is 2. The van der Waals surface area contributed by atoms with E-state index in [1.54, 1.807) is 12.3 Å². The van der Waals surface area contributed by atoms with Crippen molar-refractivity contribution in [3.8, 4) is 0 Å². The number of furan rings is 1. The van der Waals surface area contributed by atoms with E-state index in [1.807, 2.05) is 24.3 Å². The van der Waals surface area contributed by atoms with E-state index >= 15 is 0 Å². The molecule has 0 saturated heterocycles. The highest BCUT2D eigenvalue weighted by molar-refractivity contribution is 6.42. The molecule has 0 aliphatic carbocycles. The summed E-state index contributed by atoms with van der Waals surface area (Å²) in [5.41, 5.74) is 1.09. The van der Waals surface area contributed by atoms with Gasteiger partial charge in [0, 0.05) is 6.42 Å². The summed E-state index contributed by atoms with van der Waals surface area (Å²) in [5, 5.41) is 1.16. The van der Waals surface area contributed by atoms with Gasteiger partial charge in [-0.25, -0.2) is 0 Å². The van der Waals surface area contributed by atoms with Crippen LogP contribution in [0, 0.1) is 0 Å². The first-order valence-corrected chi connectivity index (χ1v) is 4.97. The summed E-state index contributed by atoms with van der Waals surface area (Å²) in [6.45, 7) is 0. The van der Waals surface area contributed by atoms with E-state index in [1.165, 1.54) is 0 Å². The molecule has 0 saturated carbocycles. The lowest BCUT2D eigenvalue weighted by atomic mass is 10.1. The summed E-state index contributed by atoms with van der Waals surface area (Å²) < 4.78 is 5.23. The molecular weight excluding hydrogens is 219 g/mol. The Labute approximate surface area is 92.3 Å². The summed E-state index contributed by atoms with van der Waals surface area (Å²) in [5.74, 6) is 0.920. The summed E-state index contributed by atoms with van der Waals surface area (Å²) in [6.07, 6.45) is 2.40. The van der Waals surface area contributed by atoms with E-state index in [0.717, 1.165) is 17.7 Å². The van der Waals surface area contributed by atoms with Gasteiger partial charge >= 0.3 is 0 Å². The quantitative estimate of drug-likeness (QED) is 0.750. The van der Waals surface area contributed by atoms with Crippen molar-refractivity contribution >= 4 is 23.2 Å². The van der Waals surface area contributed by atoms with Crippen molar-refractivity contribution in [3.63, 3.8) is 0 Å². The summed E-state index contributed by atoms with van der Waals surface area (Å²) in [4.78, 5) is 0. The molecule has 0 N–H and O–H groups in total. The predicted octanol–water partition coefficient (Wildman–Crippen LogP) is 4.18. The molecule has 14 heavy (non-hydrogen) atoms. The fraction of sp³-hybridized carbons (Fsp3) is 0.0909. The lowest BCUT2D eigenvalue weighted by molar-refractivity contribution is 0.521. The molecule has 2 rings (SSSR count). The van der Waals surface area contributed by atoms with Crippen LogP contribution in [0.3, 0.4) is 0 Å². The minimum absolute atomic E-state index is 0.579. The van der Waals surface area contributed by atoms with E-state index < -0.39 is 0 Å². The molecule has 0 amide bonds. The zero-order chi connectivity index (χ0) is 9.97. The van der Waals surface area contributed by atoms with Crippen LogP contribution in [-0.4, -0.2) is 0 Å². The van der Waals surface area contributed by atoms with Crippen LogP contribution in [0.1, 0.15) is 11.3 Å². The van der Waals surface area contributed by atoms with E-state index in [9.17, 15) is 0 Å². The molecule has 72 valence electrons. The van der Waals surface area contributed by atoms with Crippen LogP contribution in [0.5, 0.6) is 0 Å². The molecule has 0 atom stereocenters. The van der Waals surface area contributed by atoms with Gasteiger partial charge in [-0.15, -0.1) is 0 Å². The minimum atomic E-state index is 0.579. The molecule has 1 aromatic heterocycles. The maximum atomic E-state index is 5.89. The number of rotatable bonds is 2. The van der Waals surface area contributed by atoms with E-state index in [2.05, 4.69) is 0 Å². The van der Waals surface area contributed by atoms with Crippen molar-refractivity contribution in [2.45, 2.75) is 6.42 Å². The van der Waals surface area contributed by atoms with Crippen molar-refractivity contribution in [2.24, 2.45) is 0 Å². The molecule has 1 nitrogen and oxygen atoms in total. The highest BCUT2D eigenvalue weighted by atomic mass is 35.5. The van der Waals surface area contributed by atoms with Crippen molar-refractivity contribution in [1.82, 2.24) is 0 Å². The third-order valence-corrected chi connectivity index (χ3v) is 2.68. The highest BCUT2D eigenvalue weighted by Gasteiger charge is 2.02. The second kappa shape index (κ2) is 4.07. The van der Waals surface area contributed by atoms with Crippen LogP contribution < -0.4 is 0 Å². The zero-order valence-electron chi connectivity index (χ0n) is 7.34. The van der Waals surface area contributed by atoms with E-state index in [4.69, 9.17) is 27.6 Å². The van der Waals surface area contributed by atoms with Gasteiger partial charge in [0.15, 0.2) is 0 Å². The van der Waals surface area contributed by atoms with E-state index in [-0.39, 0.29) is 0 Å². The normalized spacial score (nSPS) is 10.4. The second-order valence-corrected chi connectivity index (χ2v) is 3.82. The first-order chi connectivity index (χ1) is 6.75. The van der Waals surface area contributed by atoms with Crippen LogP contribution in [0.15, 0.2) is 41.0 Å². The SMILES string of the molecule is Clc1ccc(Cc2ccco2)cc1Cl. The molecule has 0 radical (unpaired) electrons. The van der Waals surface area contributed by atoms with Gasteiger partial charge in [0.2, 0.25) is 0 Å². The summed E-state index contributed by atoms with van der Waals surface area (Å²) >= 11 is 11.7. The molecule has 0 spiro atoms. The second-order valence-electron chi connectivity index (χ2n) is 3.00. The van der Waals surface area contributed by atoms with Gasteiger partial charge in [0.25, 0.3) is 0 Å². The van der Waals surface area contributed by atoms with E-state index in [0.29, 0.717) is 10.0 Å². The smallest absolute Gasteiger partial charge is 0.108 e. The number of hydrogen-bond donors (Lipinski definition) is 0. The molecule has 0 aliphatic rings. The molecule has 1 aromatic carbocycles. The van der Waals surface area contributed by atoms with Crippen LogP contribution >= 0.6 is 23.2 Å².